The van der Waals surface area contributed by atoms with Gasteiger partial charge in [-0.05, 0) is 33.3 Å². The Bertz CT molecular complexity index is 1050. The number of rotatable bonds is 6. The lowest BCUT2D eigenvalue weighted by molar-refractivity contribution is -0.122. The van der Waals surface area contributed by atoms with Gasteiger partial charge in [-0.3, -0.25) is 14.5 Å². The van der Waals surface area contributed by atoms with Crippen molar-refractivity contribution in [3.05, 3.63) is 41.1 Å². The number of carbonyl (C=O) groups is 2. The summed E-state index contributed by atoms with van der Waals surface area (Å²) in [7, 11) is 1.67. The number of anilines is 1. The number of nitrogens with zero attached hydrogens (tertiary/aromatic N) is 3. The molecule has 3 rings (SSSR count). The summed E-state index contributed by atoms with van der Waals surface area (Å²) >= 11 is 1.56. The van der Waals surface area contributed by atoms with Crippen molar-refractivity contribution < 1.29 is 14.3 Å². The fraction of sp³-hybridized carbons (Fsp3) is 0.577. The van der Waals surface area contributed by atoms with Crippen LogP contribution in [0.4, 0.5) is 5.82 Å². The lowest BCUT2D eigenvalue weighted by Crippen LogP contribution is -2.44. The minimum absolute atomic E-state index is 0.0314. The van der Waals surface area contributed by atoms with Crippen LogP contribution in [0.1, 0.15) is 77.0 Å². The number of carbonyl (C=O) groups excluding carboxylic acids is 2. The minimum atomic E-state index is -0.396. The zero-order chi connectivity index (χ0) is 25.3. The van der Waals surface area contributed by atoms with E-state index in [2.05, 4.69) is 52.9 Å². The van der Waals surface area contributed by atoms with Gasteiger partial charge in [-0.2, -0.15) is 5.10 Å². The first kappa shape index (κ1) is 26.1. The van der Waals surface area contributed by atoms with Crippen molar-refractivity contribution in [2.75, 3.05) is 30.9 Å². The molecule has 0 spiro atoms. The van der Waals surface area contributed by atoms with Crippen LogP contribution < -0.4 is 15.0 Å². The molecule has 0 radical (unpaired) electrons. The predicted molar refractivity (Wildman–Crippen MR) is 139 cm³/mol. The minimum Gasteiger partial charge on any atom is -0.496 e. The third-order valence-electron chi connectivity index (χ3n) is 5.73. The van der Waals surface area contributed by atoms with Crippen LogP contribution in [-0.2, 0) is 20.5 Å². The third kappa shape index (κ3) is 5.27. The Labute approximate surface area is 207 Å². The highest BCUT2D eigenvalue weighted by atomic mass is 32.2. The molecule has 0 saturated carbocycles. The highest BCUT2D eigenvalue weighted by molar-refractivity contribution is 8.00. The molecule has 1 aromatic heterocycles. The van der Waals surface area contributed by atoms with E-state index in [4.69, 9.17) is 9.84 Å². The SMILES string of the molecule is CCCNC(=O)CN1C(=O)CS[C@H](c2ccccc2OC)c2c(C(C)(C)C)nn(C(C)(C)C)c21. The lowest BCUT2D eigenvalue weighted by Gasteiger charge is -2.29. The van der Waals surface area contributed by atoms with Gasteiger partial charge in [0.25, 0.3) is 0 Å². The quantitative estimate of drug-likeness (QED) is 0.644. The van der Waals surface area contributed by atoms with Crippen LogP contribution in [0.25, 0.3) is 0 Å². The van der Waals surface area contributed by atoms with Gasteiger partial charge in [0.15, 0.2) is 0 Å². The molecular weight excluding hydrogens is 448 g/mol. The molecule has 2 aromatic rings. The second-order valence-electron chi connectivity index (χ2n) is 10.7. The number of amides is 2. The molecule has 7 nitrogen and oxygen atoms in total. The number of thioether (sulfide) groups is 1. The van der Waals surface area contributed by atoms with Gasteiger partial charge in [-0.15, -0.1) is 11.8 Å². The standard InChI is InChI=1S/C26H38N4O3S/c1-9-14-27-19(31)15-29-20(32)16-34-22(17-12-10-11-13-18(17)33-8)21-23(25(2,3)4)28-30(24(21)29)26(5,6)7/h10-13,22H,9,14-16H2,1-8H3,(H,27,31)/t22-/m1/s1. The van der Waals surface area contributed by atoms with Gasteiger partial charge in [0.05, 0.1) is 29.3 Å². The summed E-state index contributed by atoms with van der Waals surface area (Å²) in [6, 6.07) is 7.94. The Hall–Kier alpha value is -2.48. The van der Waals surface area contributed by atoms with Gasteiger partial charge in [0.2, 0.25) is 11.8 Å². The second-order valence-corrected chi connectivity index (χ2v) is 11.8. The molecule has 2 amide bonds. The summed E-state index contributed by atoms with van der Waals surface area (Å²) in [5, 5.41) is 7.85. The van der Waals surface area contributed by atoms with E-state index in [1.54, 1.807) is 23.8 Å². The highest BCUT2D eigenvalue weighted by Gasteiger charge is 2.42. The topological polar surface area (TPSA) is 76.5 Å². The summed E-state index contributed by atoms with van der Waals surface area (Å²) in [6.07, 6.45) is 0.838. The monoisotopic (exact) mass is 486 g/mol. The zero-order valence-electron chi connectivity index (χ0n) is 21.7. The average Bonchev–Trinajstić information content (AvgIpc) is 3.12. The van der Waals surface area contributed by atoms with Gasteiger partial charge in [-0.25, -0.2) is 4.68 Å². The predicted octanol–water partition coefficient (Wildman–Crippen LogP) is 4.64. The first-order valence-corrected chi connectivity index (χ1v) is 12.9. The molecule has 1 aliphatic rings. The van der Waals surface area contributed by atoms with Crippen molar-refractivity contribution in [1.82, 2.24) is 15.1 Å². The summed E-state index contributed by atoms with van der Waals surface area (Å²) in [6.45, 7) is 15.2. The molecule has 0 saturated heterocycles. The molecule has 0 bridgehead atoms. The Balaban J connectivity index is 2.32. The van der Waals surface area contributed by atoms with Crippen molar-refractivity contribution in [3.63, 3.8) is 0 Å². The molecule has 34 heavy (non-hydrogen) atoms. The van der Waals surface area contributed by atoms with E-state index >= 15 is 0 Å². The number of aromatic nitrogens is 2. The van der Waals surface area contributed by atoms with E-state index in [1.807, 2.05) is 29.8 Å². The Morgan fingerprint density at radius 1 is 1.21 bits per heavy atom. The Kier molecular flexibility index (Phi) is 7.70. The average molecular weight is 487 g/mol. The van der Waals surface area contributed by atoms with Crippen LogP contribution in [0.15, 0.2) is 24.3 Å². The Morgan fingerprint density at radius 3 is 2.47 bits per heavy atom. The maximum Gasteiger partial charge on any atom is 0.240 e. The fourth-order valence-corrected chi connectivity index (χ4v) is 5.36. The van der Waals surface area contributed by atoms with Crippen LogP contribution >= 0.6 is 11.8 Å². The van der Waals surface area contributed by atoms with Gasteiger partial charge in [0.1, 0.15) is 18.1 Å². The summed E-state index contributed by atoms with van der Waals surface area (Å²) in [4.78, 5) is 27.9. The molecule has 0 aliphatic carbocycles. The second kappa shape index (κ2) is 10.0. The number of fused-ring (bicyclic) bond motifs is 1. The first-order chi connectivity index (χ1) is 15.9. The molecular formula is C26H38N4O3S. The number of nitrogens with one attached hydrogen (secondary N) is 1. The largest absolute Gasteiger partial charge is 0.496 e. The molecule has 1 N–H and O–H groups in total. The van der Waals surface area contributed by atoms with Gasteiger partial charge >= 0.3 is 0 Å². The van der Waals surface area contributed by atoms with Crippen molar-refractivity contribution >= 4 is 29.4 Å². The lowest BCUT2D eigenvalue weighted by atomic mass is 9.87. The van der Waals surface area contributed by atoms with Crippen molar-refractivity contribution in [2.24, 2.45) is 0 Å². The molecule has 1 atom stereocenters. The van der Waals surface area contributed by atoms with Crippen molar-refractivity contribution in [3.8, 4) is 5.75 Å². The van der Waals surface area contributed by atoms with Crippen molar-refractivity contribution in [2.45, 2.75) is 71.1 Å². The number of para-hydroxylation sites is 1. The van der Waals surface area contributed by atoms with Crippen LogP contribution in [-0.4, -0.2) is 47.5 Å². The normalized spacial score (nSPS) is 16.8. The first-order valence-electron chi connectivity index (χ1n) is 11.9. The van der Waals surface area contributed by atoms with Crippen LogP contribution in [0, 0.1) is 0 Å². The van der Waals surface area contributed by atoms with Crippen LogP contribution in [0.2, 0.25) is 0 Å². The van der Waals surface area contributed by atoms with E-state index in [9.17, 15) is 9.59 Å². The van der Waals surface area contributed by atoms with Crippen LogP contribution in [0.3, 0.4) is 0 Å². The molecule has 186 valence electrons. The van der Waals surface area contributed by atoms with Gasteiger partial charge < -0.3 is 10.1 Å². The van der Waals surface area contributed by atoms with E-state index in [-0.39, 0.29) is 34.8 Å². The number of hydrogen-bond donors (Lipinski definition) is 1. The summed E-state index contributed by atoms with van der Waals surface area (Å²) < 4.78 is 7.65. The van der Waals surface area contributed by atoms with Crippen molar-refractivity contribution in [1.29, 1.82) is 0 Å². The maximum absolute atomic E-state index is 13.5. The summed E-state index contributed by atoms with van der Waals surface area (Å²) in [5.74, 6) is 1.47. The molecule has 0 fully saturated rings. The Morgan fingerprint density at radius 2 is 1.88 bits per heavy atom. The van der Waals surface area contributed by atoms with E-state index in [1.165, 1.54) is 0 Å². The van der Waals surface area contributed by atoms with Gasteiger partial charge in [0, 0.05) is 23.1 Å². The maximum atomic E-state index is 13.5. The fourth-order valence-electron chi connectivity index (χ4n) is 4.13. The number of benzene rings is 1. The third-order valence-corrected chi connectivity index (χ3v) is 6.97. The van der Waals surface area contributed by atoms with E-state index in [0.717, 1.165) is 29.0 Å². The molecule has 1 aromatic carbocycles. The van der Waals surface area contributed by atoms with E-state index < -0.39 is 5.54 Å². The highest BCUT2D eigenvalue weighted by Crippen LogP contribution is 2.50. The molecule has 0 unspecified atom stereocenters. The summed E-state index contributed by atoms with van der Waals surface area (Å²) in [5.41, 5.74) is 2.23. The van der Waals surface area contributed by atoms with Gasteiger partial charge in [-0.1, -0.05) is 45.9 Å². The number of hydrogen-bond acceptors (Lipinski definition) is 5. The zero-order valence-corrected chi connectivity index (χ0v) is 22.5. The molecule has 2 heterocycles. The molecule has 8 heteroatoms. The number of ether oxygens (including phenoxy) is 1. The van der Waals surface area contributed by atoms with Crippen LogP contribution in [0.5, 0.6) is 5.75 Å². The number of methoxy groups -OCH3 is 1. The molecule has 1 aliphatic heterocycles. The smallest absolute Gasteiger partial charge is 0.240 e. The van der Waals surface area contributed by atoms with E-state index in [0.29, 0.717) is 12.4 Å².